The van der Waals surface area contributed by atoms with Crippen molar-refractivity contribution in [2.24, 2.45) is 4.99 Å². The molecule has 1 aromatic carbocycles. The standard InChI is InChI=1S/C20H28FN5OS/c1-3-22-20(23-7-6-19-24-13-15(2)28-19)25-14-16-4-5-18(17(21)12-16)26-8-10-27-11-9-26/h4-5,12-13H,3,6-11,14H2,1-2H3,(H2,22,23,25). The summed E-state index contributed by atoms with van der Waals surface area (Å²) in [6.07, 6.45) is 2.75. The van der Waals surface area contributed by atoms with Crippen molar-refractivity contribution in [3.8, 4) is 0 Å². The van der Waals surface area contributed by atoms with Gasteiger partial charge in [-0.05, 0) is 31.5 Å². The number of halogens is 1. The maximum atomic E-state index is 14.5. The van der Waals surface area contributed by atoms with Gasteiger partial charge in [0.2, 0.25) is 0 Å². The number of aryl methyl sites for hydroxylation is 1. The van der Waals surface area contributed by atoms with Gasteiger partial charge in [0.15, 0.2) is 5.96 Å². The molecular weight excluding hydrogens is 377 g/mol. The summed E-state index contributed by atoms with van der Waals surface area (Å²) in [5, 5.41) is 7.66. The third-order valence-electron chi connectivity index (χ3n) is 4.43. The maximum Gasteiger partial charge on any atom is 0.191 e. The fourth-order valence-corrected chi connectivity index (χ4v) is 3.81. The Balaban J connectivity index is 1.56. The van der Waals surface area contributed by atoms with E-state index in [9.17, 15) is 4.39 Å². The highest BCUT2D eigenvalue weighted by molar-refractivity contribution is 7.11. The summed E-state index contributed by atoms with van der Waals surface area (Å²) in [4.78, 5) is 12.2. The minimum absolute atomic E-state index is 0.202. The lowest BCUT2D eigenvalue weighted by Gasteiger charge is -2.29. The van der Waals surface area contributed by atoms with Gasteiger partial charge in [0.1, 0.15) is 5.82 Å². The van der Waals surface area contributed by atoms with E-state index in [1.165, 1.54) is 4.88 Å². The van der Waals surface area contributed by atoms with Gasteiger partial charge in [0.05, 0.1) is 30.5 Å². The Morgan fingerprint density at radius 2 is 2.14 bits per heavy atom. The highest BCUT2D eigenvalue weighted by atomic mass is 32.1. The van der Waals surface area contributed by atoms with Gasteiger partial charge in [-0.2, -0.15) is 0 Å². The largest absolute Gasteiger partial charge is 0.378 e. The third-order valence-corrected chi connectivity index (χ3v) is 5.40. The quantitative estimate of drug-likeness (QED) is 0.548. The van der Waals surface area contributed by atoms with Gasteiger partial charge in [0, 0.05) is 43.7 Å². The summed E-state index contributed by atoms with van der Waals surface area (Å²) in [5.74, 6) is 0.528. The monoisotopic (exact) mass is 405 g/mol. The molecule has 0 amide bonds. The van der Waals surface area contributed by atoms with Crippen LogP contribution in [0.3, 0.4) is 0 Å². The zero-order chi connectivity index (χ0) is 19.8. The summed E-state index contributed by atoms with van der Waals surface area (Å²) in [7, 11) is 0. The Morgan fingerprint density at radius 3 is 2.82 bits per heavy atom. The molecule has 2 N–H and O–H groups in total. The lowest BCUT2D eigenvalue weighted by molar-refractivity contribution is 0.122. The zero-order valence-electron chi connectivity index (χ0n) is 16.5. The van der Waals surface area contributed by atoms with Gasteiger partial charge < -0.3 is 20.3 Å². The van der Waals surface area contributed by atoms with Crippen molar-refractivity contribution in [2.75, 3.05) is 44.3 Å². The van der Waals surface area contributed by atoms with Crippen molar-refractivity contribution in [3.63, 3.8) is 0 Å². The number of morpholine rings is 1. The molecule has 0 aliphatic carbocycles. The maximum absolute atomic E-state index is 14.5. The van der Waals surface area contributed by atoms with Crippen LogP contribution in [0.25, 0.3) is 0 Å². The van der Waals surface area contributed by atoms with Gasteiger partial charge in [-0.3, -0.25) is 0 Å². The van der Waals surface area contributed by atoms with Crippen LogP contribution in [0.4, 0.5) is 10.1 Å². The lowest BCUT2D eigenvalue weighted by atomic mass is 10.1. The van der Waals surface area contributed by atoms with E-state index in [1.807, 2.05) is 30.2 Å². The molecule has 2 aromatic rings. The first-order chi connectivity index (χ1) is 13.7. The lowest BCUT2D eigenvalue weighted by Crippen LogP contribution is -2.38. The number of nitrogens with zero attached hydrogens (tertiary/aromatic N) is 3. The second-order valence-corrected chi connectivity index (χ2v) is 7.94. The van der Waals surface area contributed by atoms with Crippen molar-refractivity contribution < 1.29 is 9.13 Å². The van der Waals surface area contributed by atoms with Crippen molar-refractivity contribution in [1.29, 1.82) is 0 Å². The summed E-state index contributed by atoms with van der Waals surface area (Å²) >= 11 is 1.71. The molecule has 0 unspecified atom stereocenters. The first kappa shape index (κ1) is 20.5. The smallest absolute Gasteiger partial charge is 0.191 e. The van der Waals surface area contributed by atoms with E-state index in [-0.39, 0.29) is 5.82 Å². The summed E-state index contributed by atoms with van der Waals surface area (Å²) in [6, 6.07) is 5.37. The number of thiazole rings is 1. The number of anilines is 1. The average Bonchev–Trinajstić information content (AvgIpc) is 3.12. The molecule has 1 fully saturated rings. The molecule has 1 aromatic heterocycles. The molecule has 1 aliphatic rings. The first-order valence-corrected chi connectivity index (χ1v) is 10.5. The molecule has 28 heavy (non-hydrogen) atoms. The van der Waals surface area contributed by atoms with Crippen LogP contribution in [0.1, 0.15) is 22.4 Å². The number of nitrogens with one attached hydrogen (secondary N) is 2. The SMILES string of the molecule is CCNC(=NCc1ccc(N2CCOCC2)c(F)c1)NCCc1ncc(C)s1. The number of hydrogen-bond acceptors (Lipinski definition) is 5. The van der Waals surface area contributed by atoms with Crippen molar-refractivity contribution >= 4 is 23.0 Å². The van der Waals surface area contributed by atoms with Gasteiger partial charge in [-0.1, -0.05) is 6.07 Å². The number of ether oxygens (including phenoxy) is 1. The minimum Gasteiger partial charge on any atom is -0.378 e. The normalized spacial score (nSPS) is 15.0. The molecule has 1 saturated heterocycles. The minimum atomic E-state index is -0.202. The van der Waals surface area contributed by atoms with Gasteiger partial charge in [0.25, 0.3) is 0 Å². The van der Waals surface area contributed by atoms with E-state index in [4.69, 9.17) is 4.74 Å². The van der Waals surface area contributed by atoms with Gasteiger partial charge in [-0.25, -0.2) is 14.4 Å². The molecule has 3 rings (SSSR count). The molecule has 152 valence electrons. The fraction of sp³-hybridized carbons (Fsp3) is 0.500. The van der Waals surface area contributed by atoms with E-state index in [0.717, 1.165) is 49.1 Å². The topological polar surface area (TPSA) is 61.8 Å². The Morgan fingerprint density at radius 1 is 1.32 bits per heavy atom. The highest BCUT2D eigenvalue weighted by Gasteiger charge is 2.15. The molecule has 2 heterocycles. The highest BCUT2D eigenvalue weighted by Crippen LogP contribution is 2.22. The average molecular weight is 406 g/mol. The molecule has 0 bridgehead atoms. The molecular formula is C20H28FN5OS. The van der Waals surface area contributed by atoms with Crippen LogP contribution in [0.15, 0.2) is 29.4 Å². The predicted octanol–water partition coefficient (Wildman–Crippen LogP) is 2.73. The number of guanidine groups is 1. The van der Waals surface area contributed by atoms with E-state index in [1.54, 1.807) is 17.4 Å². The predicted molar refractivity (Wildman–Crippen MR) is 113 cm³/mol. The molecule has 0 spiro atoms. The number of rotatable bonds is 7. The van der Waals surface area contributed by atoms with Crippen molar-refractivity contribution in [2.45, 2.75) is 26.8 Å². The van der Waals surface area contributed by atoms with Crippen LogP contribution in [-0.4, -0.2) is 50.3 Å². The van der Waals surface area contributed by atoms with Crippen LogP contribution in [0.5, 0.6) is 0 Å². The molecule has 8 heteroatoms. The van der Waals surface area contributed by atoms with E-state index in [0.29, 0.717) is 25.4 Å². The summed E-state index contributed by atoms with van der Waals surface area (Å²) in [5.41, 5.74) is 1.49. The first-order valence-electron chi connectivity index (χ1n) is 9.70. The molecule has 0 radical (unpaired) electrons. The van der Waals surface area contributed by atoms with Crippen LogP contribution < -0.4 is 15.5 Å². The van der Waals surface area contributed by atoms with E-state index < -0.39 is 0 Å². The van der Waals surface area contributed by atoms with Crippen LogP contribution in [0, 0.1) is 12.7 Å². The van der Waals surface area contributed by atoms with Crippen molar-refractivity contribution in [3.05, 3.63) is 45.7 Å². The summed E-state index contributed by atoms with van der Waals surface area (Å²) in [6.45, 7) is 8.76. The number of aliphatic imine (C=N–C) groups is 1. The molecule has 6 nitrogen and oxygen atoms in total. The Labute approximate surface area is 169 Å². The second-order valence-electron chi connectivity index (χ2n) is 6.62. The van der Waals surface area contributed by atoms with Crippen LogP contribution in [0.2, 0.25) is 0 Å². The molecule has 0 atom stereocenters. The summed E-state index contributed by atoms with van der Waals surface area (Å²) < 4.78 is 19.9. The van der Waals surface area contributed by atoms with E-state index in [2.05, 4.69) is 27.5 Å². The Kier molecular flexibility index (Phi) is 7.62. The third kappa shape index (κ3) is 5.90. The number of hydrogen-bond donors (Lipinski definition) is 2. The molecule has 0 saturated carbocycles. The van der Waals surface area contributed by atoms with Crippen LogP contribution in [-0.2, 0) is 17.7 Å². The Bertz CT molecular complexity index is 789. The molecule has 1 aliphatic heterocycles. The van der Waals surface area contributed by atoms with Gasteiger partial charge in [-0.15, -0.1) is 11.3 Å². The zero-order valence-corrected chi connectivity index (χ0v) is 17.3. The fourth-order valence-electron chi connectivity index (χ4n) is 3.03. The van der Waals surface area contributed by atoms with Gasteiger partial charge >= 0.3 is 0 Å². The number of aromatic nitrogens is 1. The van der Waals surface area contributed by atoms with Crippen molar-refractivity contribution in [1.82, 2.24) is 15.6 Å². The van der Waals surface area contributed by atoms with E-state index >= 15 is 0 Å². The number of benzene rings is 1. The van der Waals surface area contributed by atoms with Crippen LogP contribution >= 0.6 is 11.3 Å². The second kappa shape index (κ2) is 10.4. The Hall–Kier alpha value is -2.19.